The summed E-state index contributed by atoms with van der Waals surface area (Å²) in [6.07, 6.45) is 2.34. The highest BCUT2D eigenvalue weighted by Gasteiger charge is 2.43. The molecule has 1 aliphatic carbocycles. The first-order chi connectivity index (χ1) is 8.08. The van der Waals surface area contributed by atoms with E-state index in [1.807, 2.05) is 6.92 Å². The minimum absolute atomic E-state index is 0.0895. The van der Waals surface area contributed by atoms with E-state index in [0.717, 1.165) is 19.3 Å². The quantitative estimate of drug-likeness (QED) is 0.803. The van der Waals surface area contributed by atoms with E-state index in [9.17, 15) is 9.90 Å². The number of carbonyl (C=O) groups is 1. The molecule has 0 unspecified atom stereocenters. The summed E-state index contributed by atoms with van der Waals surface area (Å²) in [6, 6.07) is 0. The topological polar surface area (TPSA) is 59.0 Å². The molecule has 0 radical (unpaired) electrons. The fourth-order valence-electron chi connectivity index (χ4n) is 2.16. The molecule has 5 heteroatoms. The van der Waals surface area contributed by atoms with Gasteiger partial charge in [-0.2, -0.15) is 0 Å². The molecule has 0 spiro atoms. The van der Waals surface area contributed by atoms with Crippen LogP contribution in [0, 0.1) is 5.92 Å². The van der Waals surface area contributed by atoms with Crippen molar-refractivity contribution in [2.75, 3.05) is 26.8 Å². The molecule has 2 atom stereocenters. The Balaban J connectivity index is 1.87. The van der Waals surface area contributed by atoms with E-state index in [-0.39, 0.29) is 30.3 Å². The summed E-state index contributed by atoms with van der Waals surface area (Å²) in [5.41, 5.74) is -0.229. The van der Waals surface area contributed by atoms with Crippen molar-refractivity contribution in [3.8, 4) is 0 Å². The molecule has 1 aliphatic heterocycles. The SMILES string of the molecule is CO[C@H]1CN(C(=O)OC2(C)CC2)CC[C@H]1CO. The van der Waals surface area contributed by atoms with E-state index in [2.05, 4.69) is 0 Å². The van der Waals surface area contributed by atoms with Crippen LogP contribution in [-0.2, 0) is 9.47 Å². The summed E-state index contributed by atoms with van der Waals surface area (Å²) in [5.74, 6) is 0.126. The second-order valence-electron chi connectivity index (χ2n) is 5.27. The van der Waals surface area contributed by atoms with Crippen molar-refractivity contribution >= 4 is 6.09 Å². The van der Waals surface area contributed by atoms with Crippen molar-refractivity contribution in [3.05, 3.63) is 0 Å². The van der Waals surface area contributed by atoms with Gasteiger partial charge in [-0.15, -0.1) is 0 Å². The molecule has 2 fully saturated rings. The minimum atomic E-state index is -0.247. The molecule has 98 valence electrons. The van der Waals surface area contributed by atoms with Crippen molar-refractivity contribution in [2.24, 2.45) is 5.92 Å². The van der Waals surface area contributed by atoms with E-state index in [4.69, 9.17) is 9.47 Å². The number of ether oxygens (including phenoxy) is 2. The van der Waals surface area contributed by atoms with Crippen LogP contribution in [0.25, 0.3) is 0 Å². The van der Waals surface area contributed by atoms with Crippen LogP contribution in [0.15, 0.2) is 0 Å². The molecule has 0 bridgehead atoms. The van der Waals surface area contributed by atoms with Gasteiger partial charge in [0.2, 0.25) is 0 Å². The first-order valence-electron chi connectivity index (χ1n) is 6.19. The number of hydrogen-bond acceptors (Lipinski definition) is 4. The van der Waals surface area contributed by atoms with Crippen molar-refractivity contribution in [3.63, 3.8) is 0 Å². The highest BCUT2D eigenvalue weighted by Crippen LogP contribution is 2.39. The third-order valence-corrected chi connectivity index (χ3v) is 3.78. The highest BCUT2D eigenvalue weighted by atomic mass is 16.6. The van der Waals surface area contributed by atoms with Gasteiger partial charge in [0.15, 0.2) is 0 Å². The standard InChI is InChI=1S/C12H21NO4/c1-12(4-5-12)17-11(15)13-6-3-9(8-14)10(7-13)16-2/h9-10,14H,3-8H2,1-2H3/t9-,10-/m0/s1. The lowest BCUT2D eigenvalue weighted by Crippen LogP contribution is -2.49. The van der Waals surface area contributed by atoms with Crippen LogP contribution in [0.5, 0.6) is 0 Å². The van der Waals surface area contributed by atoms with Crippen LogP contribution < -0.4 is 0 Å². The van der Waals surface area contributed by atoms with Crippen LogP contribution in [0.2, 0.25) is 0 Å². The van der Waals surface area contributed by atoms with E-state index in [1.165, 1.54) is 0 Å². The molecule has 2 rings (SSSR count). The van der Waals surface area contributed by atoms with Gasteiger partial charge in [-0.1, -0.05) is 0 Å². The Morgan fingerprint density at radius 2 is 2.24 bits per heavy atom. The first-order valence-corrected chi connectivity index (χ1v) is 6.19. The molecule has 1 saturated heterocycles. The monoisotopic (exact) mass is 243 g/mol. The molecule has 1 N–H and O–H groups in total. The van der Waals surface area contributed by atoms with E-state index < -0.39 is 0 Å². The van der Waals surface area contributed by atoms with Crippen LogP contribution in [-0.4, -0.2) is 54.6 Å². The summed E-state index contributed by atoms with van der Waals surface area (Å²) in [5, 5.41) is 9.20. The number of nitrogens with zero attached hydrogens (tertiary/aromatic N) is 1. The van der Waals surface area contributed by atoms with Gasteiger partial charge in [-0.05, 0) is 26.2 Å². The Labute approximate surface area is 102 Å². The molecule has 1 heterocycles. The molecule has 0 aromatic carbocycles. The van der Waals surface area contributed by atoms with E-state index >= 15 is 0 Å². The third kappa shape index (κ3) is 2.90. The summed E-state index contributed by atoms with van der Waals surface area (Å²) in [4.78, 5) is 13.6. The number of hydrogen-bond donors (Lipinski definition) is 1. The molecule has 2 aliphatic rings. The normalized spacial score (nSPS) is 31.1. The van der Waals surface area contributed by atoms with E-state index in [1.54, 1.807) is 12.0 Å². The Bertz CT molecular complexity index is 290. The lowest BCUT2D eigenvalue weighted by Gasteiger charge is -2.36. The molecular weight excluding hydrogens is 222 g/mol. The number of carbonyl (C=O) groups excluding carboxylic acids is 1. The van der Waals surface area contributed by atoms with Gasteiger partial charge < -0.3 is 19.5 Å². The van der Waals surface area contributed by atoms with Crippen LogP contribution >= 0.6 is 0 Å². The zero-order valence-electron chi connectivity index (χ0n) is 10.5. The van der Waals surface area contributed by atoms with Crippen molar-refractivity contribution < 1.29 is 19.4 Å². The summed E-state index contributed by atoms with van der Waals surface area (Å²) >= 11 is 0. The fraction of sp³-hybridized carbons (Fsp3) is 0.917. The van der Waals surface area contributed by atoms with Gasteiger partial charge in [-0.3, -0.25) is 0 Å². The van der Waals surface area contributed by atoms with Crippen LogP contribution in [0.3, 0.4) is 0 Å². The number of aliphatic hydroxyl groups excluding tert-OH is 1. The Morgan fingerprint density at radius 1 is 1.53 bits per heavy atom. The Hall–Kier alpha value is -0.810. The van der Waals surface area contributed by atoms with E-state index in [0.29, 0.717) is 13.1 Å². The molecule has 5 nitrogen and oxygen atoms in total. The van der Waals surface area contributed by atoms with Crippen molar-refractivity contribution in [1.82, 2.24) is 4.90 Å². The molecule has 17 heavy (non-hydrogen) atoms. The van der Waals surface area contributed by atoms with Gasteiger partial charge in [-0.25, -0.2) is 4.79 Å². The summed E-state index contributed by atoms with van der Waals surface area (Å²) in [6.45, 7) is 3.22. The zero-order valence-corrected chi connectivity index (χ0v) is 10.5. The van der Waals surface area contributed by atoms with Gasteiger partial charge >= 0.3 is 6.09 Å². The lowest BCUT2D eigenvalue weighted by molar-refractivity contribution is -0.0343. The number of aliphatic hydroxyl groups is 1. The Kier molecular flexibility index (Phi) is 3.58. The lowest BCUT2D eigenvalue weighted by atomic mass is 9.95. The molecule has 0 aromatic heterocycles. The summed E-state index contributed by atoms with van der Waals surface area (Å²) < 4.78 is 10.7. The molecule has 1 saturated carbocycles. The van der Waals surface area contributed by atoms with Gasteiger partial charge in [0, 0.05) is 26.2 Å². The second-order valence-corrected chi connectivity index (χ2v) is 5.27. The smallest absolute Gasteiger partial charge is 0.410 e. The largest absolute Gasteiger partial charge is 0.443 e. The predicted octanol–water partition coefficient (Wildman–Crippen LogP) is 1.00. The van der Waals surface area contributed by atoms with Crippen LogP contribution in [0.1, 0.15) is 26.2 Å². The Morgan fingerprint density at radius 3 is 2.76 bits per heavy atom. The number of methoxy groups -OCH3 is 1. The maximum Gasteiger partial charge on any atom is 0.410 e. The average Bonchev–Trinajstić information content (AvgIpc) is 3.05. The number of amides is 1. The van der Waals surface area contributed by atoms with Crippen molar-refractivity contribution in [2.45, 2.75) is 37.9 Å². The number of likely N-dealkylation sites (tertiary alicyclic amines) is 1. The van der Waals surface area contributed by atoms with Crippen LogP contribution in [0.4, 0.5) is 4.79 Å². The van der Waals surface area contributed by atoms with Gasteiger partial charge in [0.1, 0.15) is 5.60 Å². The van der Waals surface area contributed by atoms with Gasteiger partial charge in [0.25, 0.3) is 0 Å². The maximum absolute atomic E-state index is 11.9. The molecule has 0 aromatic rings. The fourth-order valence-corrected chi connectivity index (χ4v) is 2.16. The van der Waals surface area contributed by atoms with Gasteiger partial charge in [0.05, 0.1) is 12.6 Å². The number of piperidine rings is 1. The van der Waals surface area contributed by atoms with Crippen molar-refractivity contribution in [1.29, 1.82) is 0 Å². The second kappa shape index (κ2) is 4.82. The minimum Gasteiger partial charge on any atom is -0.443 e. The number of rotatable bonds is 3. The molecule has 1 amide bonds. The molecular formula is C12H21NO4. The average molecular weight is 243 g/mol. The predicted molar refractivity (Wildman–Crippen MR) is 61.7 cm³/mol. The zero-order chi connectivity index (χ0) is 12.5. The third-order valence-electron chi connectivity index (χ3n) is 3.78. The highest BCUT2D eigenvalue weighted by molar-refractivity contribution is 5.68. The maximum atomic E-state index is 11.9. The first kappa shape index (κ1) is 12.6. The summed E-state index contributed by atoms with van der Waals surface area (Å²) in [7, 11) is 1.62.